The Balaban J connectivity index is 2.03. The van der Waals surface area contributed by atoms with Crippen LogP contribution in [0.25, 0.3) is 0 Å². The third-order valence-electron chi connectivity index (χ3n) is 2.74. The standard InChI is InChI=1S/C13H17N5O2S/c1-8(2)7-10(12(20)17-13-14-5-6-21-13)16-11(19)9-3-4-15-18-9/h3-6,8,10H,7H2,1-2H3,(H,15,18)(H,16,19)(H,14,17,20)/t10-/m0/s1. The van der Waals surface area contributed by atoms with Crippen LogP contribution in [0.1, 0.15) is 30.8 Å². The number of H-pyrrole nitrogens is 1. The number of rotatable bonds is 6. The van der Waals surface area contributed by atoms with Crippen molar-refractivity contribution in [1.82, 2.24) is 20.5 Å². The van der Waals surface area contributed by atoms with Gasteiger partial charge in [-0.2, -0.15) is 5.10 Å². The van der Waals surface area contributed by atoms with Crippen LogP contribution in [-0.4, -0.2) is 33.0 Å². The van der Waals surface area contributed by atoms with Crippen LogP contribution in [0.15, 0.2) is 23.8 Å². The molecule has 3 N–H and O–H groups in total. The number of amides is 2. The highest BCUT2D eigenvalue weighted by Crippen LogP contribution is 2.13. The summed E-state index contributed by atoms with van der Waals surface area (Å²) in [6.07, 6.45) is 3.64. The highest BCUT2D eigenvalue weighted by molar-refractivity contribution is 7.13. The Bertz CT molecular complexity index is 580. The van der Waals surface area contributed by atoms with Gasteiger partial charge < -0.3 is 10.6 Å². The van der Waals surface area contributed by atoms with Gasteiger partial charge in [-0.05, 0) is 18.4 Å². The number of nitrogens with one attached hydrogen (secondary N) is 3. The zero-order chi connectivity index (χ0) is 15.2. The summed E-state index contributed by atoms with van der Waals surface area (Å²) in [7, 11) is 0. The number of carbonyl (C=O) groups excluding carboxylic acids is 2. The summed E-state index contributed by atoms with van der Waals surface area (Å²) >= 11 is 1.33. The second kappa shape index (κ2) is 6.98. The summed E-state index contributed by atoms with van der Waals surface area (Å²) in [5.41, 5.74) is 0.325. The lowest BCUT2D eigenvalue weighted by Gasteiger charge is -2.19. The van der Waals surface area contributed by atoms with Gasteiger partial charge in [-0.1, -0.05) is 13.8 Å². The van der Waals surface area contributed by atoms with Gasteiger partial charge in [0, 0.05) is 17.8 Å². The molecule has 112 valence electrons. The lowest BCUT2D eigenvalue weighted by molar-refractivity contribution is -0.118. The van der Waals surface area contributed by atoms with E-state index in [1.807, 2.05) is 13.8 Å². The molecule has 7 nitrogen and oxygen atoms in total. The quantitative estimate of drug-likeness (QED) is 0.755. The summed E-state index contributed by atoms with van der Waals surface area (Å²) in [4.78, 5) is 28.3. The molecule has 8 heteroatoms. The van der Waals surface area contributed by atoms with Gasteiger partial charge in [0.25, 0.3) is 5.91 Å². The largest absolute Gasteiger partial charge is 0.339 e. The molecular weight excluding hydrogens is 290 g/mol. The molecule has 21 heavy (non-hydrogen) atoms. The lowest BCUT2D eigenvalue weighted by atomic mass is 10.0. The van der Waals surface area contributed by atoms with E-state index in [0.29, 0.717) is 17.2 Å². The first-order valence-electron chi connectivity index (χ1n) is 6.57. The van der Waals surface area contributed by atoms with Crippen LogP contribution in [-0.2, 0) is 4.79 Å². The second-order valence-corrected chi connectivity index (χ2v) is 5.85. The Morgan fingerprint density at radius 3 is 2.76 bits per heavy atom. The Morgan fingerprint density at radius 2 is 2.19 bits per heavy atom. The second-order valence-electron chi connectivity index (χ2n) is 4.95. The van der Waals surface area contributed by atoms with Crippen LogP contribution in [0.4, 0.5) is 5.13 Å². The van der Waals surface area contributed by atoms with Gasteiger partial charge in [-0.15, -0.1) is 11.3 Å². The number of hydrogen-bond donors (Lipinski definition) is 3. The van der Waals surface area contributed by atoms with Gasteiger partial charge in [0.1, 0.15) is 11.7 Å². The molecule has 0 aliphatic rings. The number of hydrogen-bond acceptors (Lipinski definition) is 5. The number of aromatic amines is 1. The van der Waals surface area contributed by atoms with Crippen LogP contribution in [0.2, 0.25) is 0 Å². The topological polar surface area (TPSA) is 99.8 Å². The summed E-state index contributed by atoms with van der Waals surface area (Å²) in [5.74, 6) is -0.363. The fourth-order valence-electron chi connectivity index (χ4n) is 1.80. The minimum absolute atomic E-state index is 0.263. The van der Waals surface area contributed by atoms with E-state index in [1.165, 1.54) is 17.5 Å². The van der Waals surface area contributed by atoms with Crippen molar-refractivity contribution in [3.63, 3.8) is 0 Å². The highest BCUT2D eigenvalue weighted by Gasteiger charge is 2.23. The van der Waals surface area contributed by atoms with Gasteiger partial charge in [0.2, 0.25) is 5.91 Å². The monoisotopic (exact) mass is 307 g/mol. The molecular formula is C13H17N5O2S. The van der Waals surface area contributed by atoms with Crippen LogP contribution in [0.3, 0.4) is 0 Å². The first-order valence-corrected chi connectivity index (χ1v) is 7.45. The number of carbonyl (C=O) groups is 2. The van der Waals surface area contributed by atoms with E-state index in [-0.39, 0.29) is 17.7 Å². The Kier molecular flexibility index (Phi) is 5.04. The zero-order valence-corrected chi connectivity index (χ0v) is 12.6. The van der Waals surface area contributed by atoms with Crippen molar-refractivity contribution < 1.29 is 9.59 Å². The molecule has 2 amide bonds. The number of aromatic nitrogens is 3. The van der Waals surface area contributed by atoms with Crippen molar-refractivity contribution in [2.24, 2.45) is 5.92 Å². The highest BCUT2D eigenvalue weighted by atomic mass is 32.1. The van der Waals surface area contributed by atoms with E-state index in [4.69, 9.17) is 0 Å². The van der Waals surface area contributed by atoms with Gasteiger partial charge in [0.15, 0.2) is 5.13 Å². The van der Waals surface area contributed by atoms with Crippen LogP contribution < -0.4 is 10.6 Å². The van der Waals surface area contributed by atoms with Crippen LogP contribution in [0.5, 0.6) is 0 Å². The molecule has 0 bridgehead atoms. The van der Waals surface area contributed by atoms with Crippen molar-refractivity contribution >= 4 is 28.3 Å². The smallest absolute Gasteiger partial charge is 0.269 e. The molecule has 0 radical (unpaired) electrons. The molecule has 0 aromatic carbocycles. The van der Waals surface area contributed by atoms with E-state index in [2.05, 4.69) is 25.8 Å². The number of anilines is 1. The first-order chi connectivity index (χ1) is 10.1. The SMILES string of the molecule is CC(C)C[C@H](NC(=O)c1ccn[nH]1)C(=O)Nc1nccs1. The summed E-state index contributed by atoms with van der Waals surface area (Å²) < 4.78 is 0. The van der Waals surface area contributed by atoms with Crippen molar-refractivity contribution in [3.8, 4) is 0 Å². The molecule has 2 aromatic rings. The minimum atomic E-state index is -0.621. The molecule has 2 aromatic heterocycles. The Labute approximate surface area is 126 Å². The third kappa shape index (κ3) is 4.38. The maximum Gasteiger partial charge on any atom is 0.269 e. The van der Waals surface area contributed by atoms with E-state index in [9.17, 15) is 9.59 Å². The maximum atomic E-state index is 12.3. The van der Waals surface area contributed by atoms with Crippen molar-refractivity contribution in [3.05, 3.63) is 29.5 Å². The van der Waals surface area contributed by atoms with E-state index in [0.717, 1.165) is 0 Å². The van der Waals surface area contributed by atoms with Crippen molar-refractivity contribution in [2.75, 3.05) is 5.32 Å². The van der Waals surface area contributed by atoms with Crippen LogP contribution >= 0.6 is 11.3 Å². The van der Waals surface area contributed by atoms with Gasteiger partial charge in [-0.25, -0.2) is 4.98 Å². The Hall–Kier alpha value is -2.22. The van der Waals surface area contributed by atoms with Crippen molar-refractivity contribution in [2.45, 2.75) is 26.3 Å². The molecule has 0 unspecified atom stereocenters. The minimum Gasteiger partial charge on any atom is -0.339 e. The van der Waals surface area contributed by atoms with Gasteiger partial charge >= 0.3 is 0 Å². The fourth-order valence-corrected chi connectivity index (χ4v) is 2.33. The first kappa shape index (κ1) is 15.2. The van der Waals surface area contributed by atoms with Crippen molar-refractivity contribution in [1.29, 1.82) is 0 Å². The number of thiazole rings is 1. The lowest BCUT2D eigenvalue weighted by Crippen LogP contribution is -2.44. The Morgan fingerprint density at radius 1 is 1.38 bits per heavy atom. The molecule has 2 rings (SSSR count). The van der Waals surface area contributed by atoms with Gasteiger partial charge in [-0.3, -0.25) is 14.7 Å². The normalized spacial score (nSPS) is 12.1. The predicted octanol–water partition coefficient (Wildman–Crippen LogP) is 1.65. The maximum absolute atomic E-state index is 12.3. The van der Waals surface area contributed by atoms with E-state index >= 15 is 0 Å². The van der Waals surface area contributed by atoms with Crippen LogP contribution in [0, 0.1) is 5.92 Å². The van der Waals surface area contributed by atoms with E-state index in [1.54, 1.807) is 17.6 Å². The molecule has 0 aliphatic heterocycles. The molecule has 0 fully saturated rings. The molecule has 0 aliphatic carbocycles. The fraction of sp³-hybridized carbons (Fsp3) is 0.385. The average Bonchev–Trinajstić information content (AvgIpc) is 3.10. The molecule has 0 saturated carbocycles. The average molecular weight is 307 g/mol. The predicted molar refractivity (Wildman–Crippen MR) is 80.0 cm³/mol. The molecule has 0 spiro atoms. The molecule has 0 saturated heterocycles. The van der Waals surface area contributed by atoms with Gasteiger partial charge in [0.05, 0.1) is 0 Å². The van der Waals surface area contributed by atoms with E-state index < -0.39 is 6.04 Å². The molecule has 2 heterocycles. The molecule has 1 atom stereocenters. The summed E-state index contributed by atoms with van der Waals surface area (Å²) in [6.45, 7) is 3.98. The summed E-state index contributed by atoms with van der Waals surface area (Å²) in [6, 6.07) is 0.935. The summed E-state index contributed by atoms with van der Waals surface area (Å²) in [5, 5.41) is 14.0. The third-order valence-corrected chi connectivity index (χ3v) is 3.43. The number of nitrogens with zero attached hydrogens (tertiary/aromatic N) is 2. The zero-order valence-electron chi connectivity index (χ0n) is 11.8.